The van der Waals surface area contributed by atoms with Gasteiger partial charge < -0.3 is 9.73 Å². The maximum Gasteiger partial charge on any atom is 0.240 e. The number of nitrogens with one attached hydrogen (secondary N) is 1. The van der Waals surface area contributed by atoms with Crippen LogP contribution in [0, 0.1) is 6.92 Å². The largest absolute Gasteiger partial charge is 0.468 e. The topological polar surface area (TPSA) is 81.7 Å². The normalized spacial score (nSPS) is 10.8. The highest BCUT2D eigenvalue weighted by atomic mass is 32.2. The first-order valence-corrected chi connectivity index (χ1v) is 7.28. The van der Waals surface area contributed by atoms with Crippen LogP contribution in [-0.2, 0) is 0 Å². The molecule has 0 aromatic carbocycles. The zero-order valence-corrected chi connectivity index (χ0v) is 12.5. The lowest BCUT2D eigenvalue weighted by molar-refractivity contribution is 0.527. The molecule has 3 rings (SSSR count). The van der Waals surface area contributed by atoms with E-state index in [0.29, 0.717) is 17.1 Å². The Kier molecular flexibility index (Phi) is 3.87. The van der Waals surface area contributed by atoms with E-state index in [-0.39, 0.29) is 0 Å². The minimum absolute atomic E-state index is 0.530. The smallest absolute Gasteiger partial charge is 0.240 e. The first kappa shape index (κ1) is 13.6. The van der Waals surface area contributed by atoms with E-state index in [1.54, 1.807) is 29.6 Å². The van der Waals surface area contributed by atoms with Crippen LogP contribution in [0.15, 0.2) is 45.5 Å². The van der Waals surface area contributed by atoms with Gasteiger partial charge in [0.15, 0.2) is 5.16 Å². The number of aromatic nitrogens is 5. The van der Waals surface area contributed by atoms with Gasteiger partial charge in [-0.05, 0) is 31.7 Å². The molecule has 0 bridgehead atoms. The third-order valence-electron chi connectivity index (χ3n) is 2.69. The van der Waals surface area contributed by atoms with Crippen molar-refractivity contribution in [3.8, 4) is 5.95 Å². The molecule has 0 unspecified atom stereocenters. The molecule has 0 aliphatic heterocycles. The molecule has 1 N–H and O–H groups in total. The van der Waals surface area contributed by atoms with Crippen LogP contribution >= 0.6 is 11.8 Å². The molecule has 0 spiro atoms. The Morgan fingerprint density at radius 2 is 2.24 bits per heavy atom. The second-order valence-electron chi connectivity index (χ2n) is 4.18. The zero-order chi connectivity index (χ0) is 14.7. The number of aryl methyl sites for hydroxylation is 1. The van der Waals surface area contributed by atoms with E-state index in [4.69, 9.17) is 4.42 Å². The average Bonchev–Trinajstić information content (AvgIpc) is 3.12. The molecule has 7 nitrogen and oxygen atoms in total. The molecule has 3 aromatic heterocycles. The molecule has 21 heavy (non-hydrogen) atoms. The molecule has 0 saturated heterocycles. The van der Waals surface area contributed by atoms with Gasteiger partial charge in [-0.1, -0.05) is 0 Å². The molecule has 3 heterocycles. The Morgan fingerprint density at radius 1 is 1.33 bits per heavy atom. The number of hydrogen-bond acceptors (Lipinski definition) is 7. The Balaban J connectivity index is 1.97. The molecule has 3 aromatic rings. The predicted octanol–water partition coefficient (Wildman–Crippen LogP) is 2.54. The Morgan fingerprint density at radius 3 is 2.90 bits per heavy atom. The predicted molar refractivity (Wildman–Crippen MR) is 78.7 cm³/mol. The second kappa shape index (κ2) is 5.96. The molecule has 0 aliphatic carbocycles. The summed E-state index contributed by atoms with van der Waals surface area (Å²) < 4.78 is 7.04. The first-order chi connectivity index (χ1) is 10.3. The fourth-order valence-electron chi connectivity index (χ4n) is 1.70. The van der Waals surface area contributed by atoms with E-state index >= 15 is 0 Å². The van der Waals surface area contributed by atoms with E-state index in [0.717, 1.165) is 17.2 Å². The lowest BCUT2D eigenvalue weighted by atomic mass is 10.5. The summed E-state index contributed by atoms with van der Waals surface area (Å²) in [7, 11) is 0. The summed E-state index contributed by atoms with van der Waals surface area (Å²) in [6.07, 6.45) is 6.79. The van der Waals surface area contributed by atoms with Gasteiger partial charge in [0, 0.05) is 18.9 Å². The fourth-order valence-corrected chi connectivity index (χ4v) is 2.47. The molecule has 0 saturated carbocycles. The van der Waals surface area contributed by atoms with Crippen molar-refractivity contribution in [2.45, 2.75) is 23.9 Å². The summed E-state index contributed by atoms with van der Waals surface area (Å²) in [5.41, 5.74) is 0. The van der Waals surface area contributed by atoms with Crippen LogP contribution in [0.4, 0.5) is 5.95 Å². The van der Waals surface area contributed by atoms with Crippen molar-refractivity contribution in [3.05, 3.63) is 36.8 Å². The van der Waals surface area contributed by atoms with Gasteiger partial charge in [-0.15, -0.1) is 0 Å². The van der Waals surface area contributed by atoms with Crippen molar-refractivity contribution >= 4 is 17.7 Å². The molecule has 0 amide bonds. The molecule has 0 aliphatic rings. The zero-order valence-electron chi connectivity index (χ0n) is 11.6. The number of anilines is 1. The van der Waals surface area contributed by atoms with E-state index in [1.807, 2.05) is 19.9 Å². The second-order valence-corrected chi connectivity index (χ2v) is 5.19. The van der Waals surface area contributed by atoms with Crippen LogP contribution in [0.3, 0.4) is 0 Å². The lowest BCUT2D eigenvalue weighted by Crippen LogP contribution is -2.08. The molecular weight excluding hydrogens is 288 g/mol. The van der Waals surface area contributed by atoms with Gasteiger partial charge >= 0.3 is 0 Å². The van der Waals surface area contributed by atoms with Gasteiger partial charge in [0.1, 0.15) is 12.1 Å². The minimum Gasteiger partial charge on any atom is -0.468 e. The summed E-state index contributed by atoms with van der Waals surface area (Å²) in [5, 5.41) is 3.72. The maximum atomic E-state index is 5.29. The fraction of sp³-hybridized carbons (Fsp3) is 0.231. The van der Waals surface area contributed by atoms with Gasteiger partial charge in [0.05, 0.1) is 11.2 Å². The highest BCUT2D eigenvalue weighted by Crippen LogP contribution is 2.29. The van der Waals surface area contributed by atoms with Crippen LogP contribution < -0.4 is 5.32 Å². The van der Waals surface area contributed by atoms with Crippen molar-refractivity contribution in [1.82, 2.24) is 24.5 Å². The summed E-state index contributed by atoms with van der Waals surface area (Å²) in [5.74, 6) is 1.91. The van der Waals surface area contributed by atoms with Gasteiger partial charge in [-0.25, -0.2) is 4.98 Å². The highest BCUT2D eigenvalue weighted by molar-refractivity contribution is 7.99. The molecule has 0 fully saturated rings. The van der Waals surface area contributed by atoms with Crippen LogP contribution in [0.5, 0.6) is 0 Å². The van der Waals surface area contributed by atoms with Crippen molar-refractivity contribution < 1.29 is 4.42 Å². The summed E-state index contributed by atoms with van der Waals surface area (Å²) in [6, 6.07) is 1.90. The molecule has 8 heteroatoms. The lowest BCUT2D eigenvalue weighted by Gasteiger charge is -2.07. The maximum absolute atomic E-state index is 5.29. The number of furan rings is 1. The van der Waals surface area contributed by atoms with Crippen LogP contribution in [-0.4, -0.2) is 31.0 Å². The van der Waals surface area contributed by atoms with E-state index in [9.17, 15) is 0 Å². The number of rotatable bonds is 5. The van der Waals surface area contributed by atoms with Crippen molar-refractivity contribution in [2.75, 3.05) is 11.9 Å². The highest BCUT2D eigenvalue weighted by Gasteiger charge is 2.11. The monoisotopic (exact) mass is 302 g/mol. The van der Waals surface area contributed by atoms with E-state index < -0.39 is 0 Å². The Bertz CT molecular complexity index is 724. The van der Waals surface area contributed by atoms with Crippen LogP contribution in [0.1, 0.15) is 12.7 Å². The van der Waals surface area contributed by atoms with Gasteiger partial charge in [0.2, 0.25) is 11.9 Å². The Labute approximate surface area is 125 Å². The average molecular weight is 302 g/mol. The van der Waals surface area contributed by atoms with Crippen molar-refractivity contribution in [1.29, 1.82) is 0 Å². The SMILES string of the molecule is CCNc1nc(Sc2ccoc2C)nc(-n2ccnc2)n1. The van der Waals surface area contributed by atoms with Gasteiger partial charge in [-0.2, -0.15) is 15.0 Å². The molecule has 0 radical (unpaired) electrons. The quantitative estimate of drug-likeness (QED) is 0.775. The summed E-state index contributed by atoms with van der Waals surface area (Å²) in [6.45, 7) is 4.64. The van der Waals surface area contributed by atoms with E-state index in [2.05, 4.69) is 25.3 Å². The van der Waals surface area contributed by atoms with Crippen LogP contribution in [0.2, 0.25) is 0 Å². The molecular formula is C13H14N6OS. The molecule has 0 atom stereocenters. The van der Waals surface area contributed by atoms with E-state index in [1.165, 1.54) is 11.8 Å². The summed E-state index contributed by atoms with van der Waals surface area (Å²) >= 11 is 1.44. The molecule has 108 valence electrons. The van der Waals surface area contributed by atoms with Crippen LogP contribution in [0.25, 0.3) is 5.95 Å². The van der Waals surface area contributed by atoms with Gasteiger partial charge in [-0.3, -0.25) is 4.57 Å². The first-order valence-electron chi connectivity index (χ1n) is 6.46. The third-order valence-corrected chi connectivity index (χ3v) is 3.69. The minimum atomic E-state index is 0.530. The summed E-state index contributed by atoms with van der Waals surface area (Å²) in [4.78, 5) is 18.2. The number of nitrogens with zero attached hydrogens (tertiary/aromatic N) is 5. The van der Waals surface area contributed by atoms with Crippen molar-refractivity contribution in [2.24, 2.45) is 0 Å². The number of hydrogen-bond donors (Lipinski definition) is 1. The Hall–Kier alpha value is -2.35. The third kappa shape index (κ3) is 3.05. The van der Waals surface area contributed by atoms with Gasteiger partial charge in [0.25, 0.3) is 0 Å². The standard InChI is InChI=1S/C13H14N6OS/c1-3-15-11-16-12(19-6-5-14-8-19)18-13(17-11)21-10-4-7-20-9(10)2/h4-8H,3H2,1-2H3,(H,15,16,17,18). The van der Waals surface area contributed by atoms with Crippen molar-refractivity contribution in [3.63, 3.8) is 0 Å². The number of imidazole rings is 1.